The summed E-state index contributed by atoms with van der Waals surface area (Å²) in [5, 5.41) is 11.9. The minimum Gasteiger partial charge on any atom is -0.411 e. The van der Waals surface area contributed by atoms with Gasteiger partial charge in [0.2, 0.25) is 0 Å². The second kappa shape index (κ2) is 9.42. The molecule has 1 N–H and O–H groups in total. The van der Waals surface area contributed by atoms with Gasteiger partial charge in [-0.05, 0) is 32.2 Å². The van der Waals surface area contributed by atoms with E-state index >= 15 is 0 Å². The molecule has 17 heavy (non-hydrogen) atoms. The lowest BCUT2D eigenvalue weighted by atomic mass is 10.1. The Morgan fingerprint density at radius 2 is 1.94 bits per heavy atom. The number of ether oxygens (including phenoxy) is 1. The summed E-state index contributed by atoms with van der Waals surface area (Å²) in [5.74, 6) is 0. The summed E-state index contributed by atoms with van der Waals surface area (Å²) in [6.45, 7) is 7.22. The van der Waals surface area contributed by atoms with Gasteiger partial charge in [-0.3, -0.25) is 0 Å². The van der Waals surface area contributed by atoms with Crippen LogP contribution in [0.2, 0.25) is 0 Å². The van der Waals surface area contributed by atoms with E-state index in [2.05, 4.69) is 17.0 Å². The van der Waals surface area contributed by atoms with E-state index in [1.54, 1.807) is 0 Å². The molecule has 0 amide bonds. The van der Waals surface area contributed by atoms with E-state index in [1.807, 2.05) is 0 Å². The quantitative estimate of drug-likeness (QED) is 0.404. The van der Waals surface area contributed by atoms with Crippen LogP contribution in [0.5, 0.6) is 0 Å². The predicted molar refractivity (Wildman–Crippen MR) is 69.9 cm³/mol. The van der Waals surface area contributed by atoms with E-state index in [0.717, 1.165) is 51.3 Å². The highest BCUT2D eigenvalue weighted by atomic mass is 16.5. The zero-order valence-corrected chi connectivity index (χ0v) is 11.0. The lowest BCUT2D eigenvalue weighted by Crippen LogP contribution is -2.34. The number of nitrogens with zero attached hydrogens (tertiary/aromatic N) is 2. The Hall–Kier alpha value is -0.610. The van der Waals surface area contributed by atoms with Gasteiger partial charge >= 0.3 is 0 Å². The number of hydrogen-bond donors (Lipinski definition) is 1. The summed E-state index contributed by atoms with van der Waals surface area (Å²) >= 11 is 0. The van der Waals surface area contributed by atoms with E-state index in [1.165, 1.54) is 25.8 Å². The van der Waals surface area contributed by atoms with Crippen LogP contribution in [-0.4, -0.2) is 48.7 Å². The molecule has 0 radical (unpaired) electrons. The molecule has 0 aromatic carbocycles. The van der Waals surface area contributed by atoms with Gasteiger partial charge < -0.3 is 14.8 Å². The molecule has 1 aliphatic heterocycles. The van der Waals surface area contributed by atoms with Crippen molar-refractivity contribution in [1.82, 2.24) is 4.90 Å². The van der Waals surface area contributed by atoms with Crippen molar-refractivity contribution in [2.75, 3.05) is 32.8 Å². The molecule has 0 unspecified atom stereocenters. The van der Waals surface area contributed by atoms with Gasteiger partial charge in [0, 0.05) is 39.1 Å². The first-order chi connectivity index (χ1) is 8.36. The molecule has 1 fully saturated rings. The van der Waals surface area contributed by atoms with E-state index in [9.17, 15) is 0 Å². The molecule has 0 atom stereocenters. The molecular formula is C13H26N2O2. The Balaban J connectivity index is 1.90. The van der Waals surface area contributed by atoms with Crippen molar-refractivity contribution in [2.45, 2.75) is 45.4 Å². The highest BCUT2D eigenvalue weighted by Gasteiger charge is 2.14. The zero-order valence-electron chi connectivity index (χ0n) is 11.0. The summed E-state index contributed by atoms with van der Waals surface area (Å²) in [6.07, 6.45) is 6.65. The zero-order chi connectivity index (χ0) is 12.3. The summed E-state index contributed by atoms with van der Waals surface area (Å²) in [7, 11) is 0. The van der Waals surface area contributed by atoms with E-state index in [-0.39, 0.29) is 0 Å². The van der Waals surface area contributed by atoms with E-state index < -0.39 is 0 Å². The lowest BCUT2D eigenvalue weighted by molar-refractivity contribution is 0.129. The first kappa shape index (κ1) is 14.5. The van der Waals surface area contributed by atoms with Gasteiger partial charge in [-0.1, -0.05) is 12.1 Å². The standard InChI is InChI=1S/C13H26N2O2/c1-2-11-17-12-5-3-4-8-15-9-6-13(14-16)7-10-15/h16H,2-12H2,1H3. The molecule has 1 aliphatic rings. The van der Waals surface area contributed by atoms with Crippen LogP contribution in [0.3, 0.4) is 0 Å². The van der Waals surface area contributed by atoms with Crippen LogP contribution in [0.25, 0.3) is 0 Å². The van der Waals surface area contributed by atoms with Crippen molar-refractivity contribution in [1.29, 1.82) is 0 Å². The van der Waals surface area contributed by atoms with Crippen LogP contribution in [-0.2, 0) is 4.74 Å². The summed E-state index contributed by atoms with van der Waals surface area (Å²) in [5.41, 5.74) is 0.953. The first-order valence-corrected chi connectivity index (χ1v) is 6.86. The third kappa shape index (κ3) is 6.64. The second-order valence-electron chi connectivity index (χ2n) is 4.68. The molecule has 0 aromatic heterocycles. The third-order valence-electron chi connectivity index (χ3n) is 3.19. The maximum atomic E-state index is 8.65. The van der Waals surface area contributed by atoms with Crippen LogP contribution in [0.1, 0.15) is 45.4 Å². The highest BCUT2D eigenvalue weighted by Crippen LogP contribution is 2.08. The Morgan fingerprint density at radius 3 is 2.59 bits per heavy atom. The molecule has 1 saturated heterocycles. The van der Waals surface area contributed by atoms with Gasteiger partial charge in [0.1, 0.15) is 0 Å². The average Bonchev–Trinajstić information content (AvgIpc) is 2.38. The molecule has 0 bridgehead atoms. The minimum absolute atomic E-state index is 0.898. The summed E-state index contributed by atoms with van der Waals surface area (Å²) in [4.78, 5) is 2.46. The van der Waals surface area contributed by atoms with Gasteiger partial charge in [-0.15, -0.1) is 0 Å². The fourth-order valence-corrected chi connectivity index (χ4v) is 2.10. The molecule has 1 heterocycles. The molecule has 0 saturated carbocycles. The lowest BCUT2D eigenvalue weighted by Gasteiger charge is -2.26. The van der Waals surface area contributed by atoms with Gasteiger partial charge in [-0.25, -0.2) is 0 Å². The fraction of sp³-hybridized carbons (Fsp3) is 0.923. The number of unbranched alkanes of at least 4 members (excludes halogenated alkanes) is 2. The van der Waals surface area contributed by atoms with Crippen LogP contribution in [0, 0.1) is 0 Å². The smallest absolute Gasteiger partial charge is 0.0596 e. The van der Waals surface area contributed by atoms with E-state index in [4.69, 9.17) is 9.94 Å². The number of piperidine rings is 1. The number of likely N-dealkylation sites (tertiary alicyclic amines) is 1. The Morgan fingerprint density at radius 1 is 1.18 bits per heavy atom. The van der Waals surface area contributed by atoms with Gasteiger partial charge in [0.05, 0.1) is 5.71 Å². The maximum Gasteiger partial charge on any atom is 0.0596 e. The van der Waals surface area contributed by atoms with Crippen LogP contribution in [0.4, 0.5) is 0 Å². The topological polar surface area (TPSA) is 45.1 Å². The monoisotopic (exact) mass is 242 g/mol. The van der Waals surface area contributed by atoms with E-state index in [0.29, 0.717) is 0 Å². The Bertz CT molecular complexity index is 209. The van der Waals surface area contributed by atoms with Gasteiger partial charge in [0.15, 0.2) is 0 Å². The van der Waals surface area contributed by atoms with Gasteiger partial charge in [0.25, 0.3) is 0 Å². The number of oxime groups is 1. The van der Waals surface area contributed by atoms with Crippen LogP contribution >= 0.6 is 0 Å². The summed E-state index contributed by atoms with van der Waals surface area (Å²) in [6, 6.07) is 0. The molecular weight excluding hydrogens is 216 g/mol. The number of hydrogen-bond acceptors (Lipinski definition) is 4. The number of rotatable bonds is 8. The maximum absolute atomic E-state index is 8.65. The SMILES string of the molecule is CCCOCCCCCN1CCC(=NO)CC1. The molecule has 0 aliphatic carbocycles. The third-order valence-corrected chi connectivity index (χ3v) is 3.19. The Kier molecular flexibility index (Phi) is 8.01. The van der Waals surface area contributed by atoms with Gasteiger partial charge in [-0.2, -0.15) is 0 Å². The molecule has 4 heteroatoms. The van der Waals surface area contributed by atoms with Crippen LogP contribution < -0.4 is 0 Å². The van der Waals surface area contributed by atoms with Crippen molar-refractivity contribution in [2.24, 2.45) is 5.16 Å². The second-order valence-corrected chi connectivity index (χ2v) is 4.68. The van der Waals surface area contributed by atoms with Crippen molar-refractivity contribution in [3.8, 4) is 0 Å². The van der Waals surface area contributed by atoms with Crippen molar-refractivity contribution in [3.05, 3.63) is 0 Å². The van der Waals surface area contributed by atoms with Crippen LogP contribution in [0.15, 0.2) is 5.16 Å². The molecule has 1 rings (SSSR count). The van der Waals surface area contributed by atoms with Crippen molar-refractivity contribution >= 4 is 5.71 Å². The van der Waals surface area contributed by atoms with Crippen molar-refractivity contribution < 1.29 is 9.94 Å². The van der Waals surface area contributed by atoms with Crippen molar-refractivity contribution in [3.63, 3.8) is 0 Å². The molecule has 100 valence electrons. The fourth-order valence-electron chi connectivity index (χ4n) is 2.10. The average molecular weight is 242 g/mol. The Labute approximate surface area is 105 Å². The molecule has 4 nitrogen and oxygen atoms in total. The predicted octanol–water partition coefficient (Wildman–Crippen LogP) is 2.51. The minimum atomic E-state index is 0.898. The molecule has 0 spiro atoms. The normalized spacial score (nSPS) is 17.4. The molecule has 0 aromatic rings. The first-order valence-electron chi connectivity index (χ1n) is 6.86. The highest BCUT2D eigenvalue weighted by molar-refractivity contribution is 5.84. The summed E-state index contributed by atoms with van der Waals surface area (Å²) < 4.78 is 5.45. The largest absolute Gasteiger partial charge is 0.411 e.